The number of aryl methyl sites for hydroxylation is 1. The van der Waals surface area contributed by atoms with Crippen molar-refractivity contribution in [2.24, 2.45) is 0 Å². The Bertz CT molecular complexity index is 256. The molecule has 5 heteroatoms. The molecule has 1 heterocycles. The second-order valence-corrected chi connectivity index (χ2v) is 3.26. The van der Waals surface area contributed by atoms with E-state index in [1.54, 1.807) is 18.4 Å². The van der Waals surface area contributed by atoms with E-state index in [4.69, 9.17) is 12.2 Å². The van der Waals surface area contributed by atoms with Gasteiger partial charge >= 0.3 is 0 Å². The number of nitrogens with one attached hydrogen (secondary N) is 2. The van der Waals surface area contributed by atoms with Crippen molar-refractivity contribution in [1.82, 2.24) is 10.3 Å². The van der Waals surface area contributed by atoms with Crippen LogP contribution in [0.3, 0.4) is 0 Å². The van der Waals surface area contributed by atoms with Crippen molar-refractivity contribution < 1.29 is 0 Å². The van der Waals surface area contributed by atoms with E-state index in [-0.39, 0.29) is 0 Å². The average molecular weight is 187 g/mol. The summed E-state index contributed by atoms with van der Waals surface area (Å²) in [6.45, 7) is 1.95. The van der Waals surface area contributed by atoms with Crippen molar-refractivity contribution in [3.8, 4) is 0 Å². The number of nitrogens with zero attached hydrogens (tertiary/aromatic N) is 1. The van der Waals surface area contributed by atoms with Crippen LogP contribution in [0.4, 0.5) is 5.13 Å². The second kappa shape index (κ2) is 3.64. The van der Waals surface area contributed by atoms with E-state index in [1.165, 1.54) is 0 Å². The fourth-order valence-electron chi connectivity index (χ4n) is 0.571. The van der Waals surface area contributed by atoms with E-state index >= 15 is 0 Å². The summed E-state index contributed by atoms with van der Waals surface area (Å²) >= 11 is 6.43. The Hall–Kier alpha value is -0.680. The van der Waals surface area contributed by atoms with Crippen molar-refractivity contribution in [2.45, 2.75) is 6.92 Å². The van der Waals surface area contributed by atoms with Gasteiger partial charge in [0, 0.05) is 12.4 Å². The van der Waals surface area contributed by atoms with Crippen LogP contribution in [0.15, 0.2) is 5.38 Å². The largest absolute Gasteiger partial charge is 0.365 e. The van der Waals surface area contributed by atoms with Crippen LogP contribution in [0, 0.1) is 6.92 Å². The van der Waals surface area contributed by atoms with Crippen LogP contribution in [0.1, 0.15) is 5.69 Å². The van der Waals surface area contributed by atoms with Crippen LogP contribution in [-0.4, -0.2) is 17.1 Å². The molecule has 60 valence electrons. The zero-order valence-electron chi connectivity index (χ0n) is 6.34. The summed E-state index contributed by atoms with van der Waals surface area (Å²) in [5, 5.41) is 9.15. The Morgan fingerprint density at radius 1 is 1.73 bits per heavy atom. The Kier molecular flexibility index (Phi) is 2.78. The molecule has 0 unspecified atom stereocenters. The molecule has 3 nitrogen and oxygen atoms in total. The van der Waals surface area contributed by atoms with E-state index < -0.39 is 0 Å². The molecule has 1 aromatic heterocycles. The van der Waals surface area contributed by atoms with Gasteiger partial charge in [-0.2, -0.15) is 0 Å². The van der Waals surface area contributed by atoms with Crippen LogP contribution in [-0.2, 0) is 0 Å². The van der Waals surface area contributed by atoms with Crippen molar-refractivity contribution in [1.29, 1.82) is 0 Å². The zero-order chi connectivity index (χ0) is 8.27. The third-order valence-electron chi connectivity index (χ3n) is 1.07. The van der Waals surface area contributed by atoms with Gasteiger partial charge in [0.1, 0.15) is 0 Å². The van der Waals surface area contributed by atoms with Crippen LogP contribution >= 0.6 is 23.6 Å². The summed E-state index contributed by atoms with van der Waals surface area (Å²) in [5.41, 5.74) is 1.01. The van der Waals surface area contributed by atoms with Crippen LogP contribution in [0.25, 0.3) is 0 Å². The highest BCUT2D eigenvalue weighted by Gasteiger charge is 1.97. The number of aromatic nitrogens is 1. The predicted molar refractivity (Wildman–Crippen MR) is 52.1 cm³/mol. The number of anilines is 1. The Morgan fingerprint density at radius 2 is 2.45 bits per heavy atom. The first-order valence-electron chi connectivity index (χ1n) is 3.13. The standard InChI is InChI=1S/C6H9N3S2/c1-4-3-11-6(8-4)9-5(10)7-2/h3H,1-2H3,(H2,7,8,9,10). The number of thiazole rings is 1. The molecule has 0 fully saturated rings. The molecular formula is C6H9N3S2. The Morgan fingerprint density at radius 3 is 2.91 bits per heavy atom. The molecule has 0 aliphatic rings. The van der Waals surface area contributed by atoms with Gasteiger partial charge in [-0.1, -0.05) is 0 Å². The fraction of sp³-hybridized carbons (Fsp3) is 0.333. The summed E-state index contributed by atoms with van der Waals surface area (Å²) < 4.78 is 0. The topological polar surface area (TPSA) is 37.0 Å². The second-order valence-electron chi connectivity index (χ2n) is 2.00. The molecule has 0 aromatic carbocycles. The van der Waals surface area contributed by atoms with Gasteiger partial charge in [0.2, 0.25) is 0 Å². The fourth-order valence-corrected chi connectivity index (χ4v) is 1.42. The highest BCUT2D eigenvalue weighted by Crippen LogP contribution is 2.13. The SMILES string of the molecule is CNC(=S)Nc1nc(C)cs1. The molecule has 0 saturated heterocycles. The van der Waals surface area contributed by atoms with Crippen molar-refractivity contribution in [2.75, 3.05) is 12.4 Å². The first-order chi connectivity index (χ1) is 5.22. The first kappa shape index (κ1) is 8.42. The number of hydrogen-bond donors (Lipinski definition) is 2. The number of rotatable bonds is 1. The first-order valence-corrected chi connectivity index (χ1v) is 4.42. The molecule has 0 aliphatic heterocycles. The predicted octanol–water partition coefficient (Wildman–Crippen LogP) is 1.37. The van der Waals surface area contributed by atoms with Gasteiger partial charge in [0.25, 0.3) is 0 Å². The lowest BCUT2D eigenvalue weighted by Gasteiger charge is -2.01. The smallest absolute Gasteiger partial charge is 0.189 e. The minimum atomic E-state index is 0.597. The lowest BCUT2D eigenvalue weighted by Crippen LogP contribution is -2.23. The van der Waals surface area contributed by atoms with Gasteiger partial charge in [-0.05, 0) is 19.1 Å². The lowest BCUT2D eigenvalue weighted by atomic mass is 10.6. The highest BCUT2D eigenvalue weighted by molar-refractivity contribution is 7.80. The molecular weight excluding hydrogens is 178 g/mol. The average Bonchev–Trinajstić information content (AvgIpc) is 2.35. The molecule has 0 bridgehead atoms. The molecule has 2 N–H and O–H groups in total. The molecule has 0 saturated carbocycles. The molecule has 0 amide bonds. The molecule has 0 spiro atoms. The Labute approximate surface area is 74.8 Å². The van der Waals surface area contributed by atoms with Gasteiger partial charge in [-0.25, -0.2) is 4.98 Å². The summed E-state index contributed by atoms with van der Waals surface area (Å²) in [4.78, 5) is 4.18. The molecule has 0 radical (unpaired) electrons. The van der Waals surface area contributed by atoms with E-state index in [0.717, 1.165) is 10.8 Å². The minimum absolute atomic E-state index is 0.597. The summed E-state index contributed by atoms with van der Waals surface area (Å²) in [5.74, 6) is 0. The number of thiocarbonyl (C=S) groups is 1. The van der Waals surface area contributed by atoms with Crippen LogP contribution in [0.5, 0.6) is 0 Å². The maximum absolute atomic E-state index is 4.89. The van der Waals surface area contributed by atoms with Gasteiger partial charge in [0.05, 0.1) is 5.69 Å². The molecule has 1 rings (SSSR count). The van der Waals surface area contributed by atoms with Gasteiger partial charge in [-0.15, -0.1) is 11.3 Å². The maximum atomic E-state index is 4.89. The quantitative estimate of drug-likeness (QED) is 0.651. The molecule has 0 aliphatic carbocycles. The summed E-state index contributed by atoms with van der Waals surface area (Å²) in [6.07, 6.45) is 0. The van der Waals surface area contributed by atoms with Gasteiger partial charge in [-0.3, -0.25) is 0 Å². The van der Waals surface area contributed by atoms with E-state index in [2.05, 4.69) is 15.6 Å². The van der Waals surface area contributed by atoms with Crippen molar-refractivity contribution in [3.05, 3.63) is 11.1 Å². The number of hydrogen-bond acceptors (Lipinski definition) is 3. The third-order valence-corrected chi connectivity index (χ3v) is 2.25. The molecule has 11 heavy (non-hydrogen) atoms. The minimum Gasteiger partial charge on any atom is -0.365 e. The lowest BCUT2D eigenvalue weighted by molar-refractivity contribution is 1.19. The van der Waals surface area contributed by atoms with Crippen molar-refractivity contribution in [3.63, 3.8) is 0 Å². The van der Waals surface area contributed by atoms with Crippen molar-refractivity contribution >= 4 is 33.8 Å². The van der Waals surface area contributed by atoms with Gasteiger partial charge in [0.15, 0.2) is 10.2 Å². The van der Waals surface area contributed by atoms with Gasteiger partial charge < -0.3 is 10.6 Å². The maximum Gasteiger partial charge on any atom is 0.189 e. The Balaban J connectivity index is 2.57. The summed E-state index contributed by atoms with van der Waals surface area (Å²) in [7, 11) is 1.77. The summed E-state index contributed by atoms with van der Waals surface area (Å²) in [6, 6.07) is 0. The van der Waals surface area contributed by atoms with Crippen LogP contribution in [0.2, 0.25) is 0 Å². The van der Waals surface area contributed by atoms with E-state index in [9.17, 15) is 0 Å². The van der Waals surface area contributed by atoms with E-state index in [0.29, 0.717) is 5.11 Å². The highest BCUT2D eigenvalue weighted by atomic mass is 32.1. The van der Waals surface area contributed by atoms with Crippen LogP contribution < -0.4 is 10.6 Å². The molecule has 1 aromatic rings. The third kappa shape index (κ3) is 2.44. The molecule has 0 atom stereocenters. The van der Waals surface area contributed by atoms with E-state index in [1.807, 2.05) is 12.3 Å². The monoisotopic (exact) mass is 187 g/mol. The zero-order valence-corrected chi connectivity index (χ0v) is 7.97. The normalized spacial score (nSPS) is 9.27.